The number of likely N-dealkylation sites (tertiary alicyclic amines) is 1. The molecule has 0 saturated carbocycles. The Morgan fingerprint density at radius 1 is 1.03 bits per heavy atom. The van der Waals surface area contributed by atoms with Gasteiger partial charge in [-0.3, -0.25) is 9.59 Å². The summed E-state index contributed by atoms with van der Waals surface area (Å²) >= 11 is 0. The van der Waals surface area contributed by atoms with Crippen molar-refractivity contribution in [2.45, 2.75) is 39.2 Å². The Morgan fingerprint density at radius 2 is 1.76 bits per heavy atom. The molecule has 1 aromatic carbocycles. The predicted molar refractivity (Wildman–Crippen MR) is 109 cm³/mol. The molecular weight excluding hydrogens is 368 g/mol. The van der Waals surface area contributed by atoms with Gasteiger partial charge in [-0.05, 0) is 32.0 Å². The minimum Gasteiger partial charge on any atom is -0.473 e. The molecule has 1 unspecified atom stereocenters. The van der Waals surface area contributed by atoms with E-state index in [1.54, 1.807) is 4.90 Å². The summed E-state index contributed by atoms with van der Waals surface area (Å²) in [7, 11) is 0. The topological polar surface area (TPSA) is 75.6 Å². The molecule has 152 valence electrons. The van der Waals surface area contributed by atoms with Gasteiger partial charge in [0.05, 0.1) is 11.6 Å². The minimum absolute atomic E-state index is 0.0170. The maximum atomic E-state index is 13.0. The molecule has 2 saturated heterocycles. The second-order valence-corrected chi connectivity index (χ2v) is 7.90. The molecule has 7 heteroatoms. The smallest absolute Gasteiger partial charge is 0.233 e. The third-order valence-electron chi connectivity index (χ3n) is 5.63. The largest absolute Gasteiger partial charge is 0.473 e. The van der Waals surface area contributed by atoms with E-state index in [1.807, 2.05) is 55.1 Å². The van der Waals surface area contributed by atoms with E-state index in [2.05, 4.69) is 10.2 Å². The summed E-state index contributed by atoms with van der Waals surface area (Å²) in [4.78, 5) is 29.0. The van der Waals surface area contributed by atoms with Crippen molar-refractivity contribution in [1.29, 1.82) is 0 Å². The first kappa shape index (κ1) is 19.4. The highest BCUT2D eigenvalue weighted by atomic mass is 16.5. The summed E-state index contributed by atoms with van der Waals surface area (Å²) in [5, 5.41) is 8.05. The van der Waals surface area contributed by atoms with E-state index >= 15 is 0 Å². The van der Waals surface area contributed by atoms with Gasteiger partial charge in [0.25, 0.3) is 0 Å². The van der Waals surface area contributed by atoms with Gasteiger partial charge in [0.15, 0.2) is 0 Å². The van der Waals surface area contributed by atoms with Crippen LogP contribution in [-0.2, 0) is 9.59 Å². The molecule has 0 bridgehead atoms. The third kappa shape index (κ3) is 4.39. The molecular formula is C22H26N4O3. The molecule has 0 N–H and O–H groups in total. The minimum atomic E-state index is -0.274. The van der Waals surface area contributed by atoms with Gasteiger partial charge in [0, 0.05) is 50.7 Å². The van der Waals surface area contributed by atoms with E-state index in [1.165, 1.54) is 0 Å². The van der Waals surface area contributed by atoms with Crippen LogP contribution in [0.2, 0.25) is 0 Å². The van der Waals surface area contributed by atoms with E-state index in [4.69, 9.17) is 4.74 Å². The lowest BCUT2D eigenvalue weighted by atomic mass is 10.0. The molecule has 0 spiro atoms. The average molecular weight is 394 g/mol. The molecule has 2 aromatic rings. The lowest BCUT2D eigenvalue weighted by Crippen LogP contribution is -2.45. The quantitative estimate of drug-likeness (QED) is 0.797. The highest BCUT2D eigenvalue weighted by Crippen LogP contribution is 2.28. The van der Waals surface area contributed by atoms with Crippen LogP contribution in [0.25, 0.3) is 0 Å². The van der Waals surface area contributed by atoms with Gasteiger partial charge >= 0.3 is 0 Å². The number of nitrogens with zero attached hydrogens (tertiary/aromatic N) is 4. The summed E-state index contributed by atoms with van der Waals surface area (Å²) in [6.07, 6.45) is 1.82. The predicted octanol–water partition coefficient (Wildman–Crippen LogP) is 2.52. The van der Waals surface area contributed by atoms with Gasteiger partial charge in [-0.2, -0.15) is 5.10 Å². The van der Waals surface area contributed by atoms with Crippen LogP contribution in [0.15, 0.2) is 36.4 Å². The molecule has 3 heterocycles. The molecule has 2 amide bonds. The number of hydrogen-bond donors (Lipinski definition) is 0. The first-order valence-electron chi connectivity index (χ1n) is 10.1. The molecule has 1 aromatic heterocycles. The van der Waals surface area contributed by atoms with Crippen LogP contribution in [0.1, 0.15) is 30.5 Å². The highest BCUT2D eigenvalue weighted by molar-refractivity contribution is 6.00. The number of aryl methyl sites for hydroxylation is 2. The van der Waals surface area contributed by atoms with Crippen molar-refractivity contribution in [3.05, 3.63) is 47.7 Å². The Bertz CT molecular complexity index is 874. The molecule has 2 aliphatic rings. The van der Waals surface area contributed by atoms with Crippen molar-refractivity contribution in [2.24, 2.45) is 5.92 Å². The van der Waals surface area contributed by atoms with E-state index < -0.39 is 0 Å². The molecule has 2 aliphatic heterocycles. The van der Waals surface area contributed by atoms with Gasteiger partial charge in [-0.25, -0.2) is 0 Å². The van der Waals surface area contributed by atoms with Gasteiger partial charge in [-0.1, -0.05) is 17.7 Å². The van der Waals surface area contributed by atoms with Crippen LogP contribution in [0, 0.1) is 19.8 Å². The number of rotatable bonds is 4. The van der Waals surface area contributed by atoms with Gasteiger partial charge < -0.3 is 14.5 Å². The summed E-state index contributed by atoms with van der Waals surface area (Å²) in [5.74, 6) is 0.338. The first-order valence-corrected chi connectivity index (χ1v) is 10.1. The van der Waals surface area contributed by atoms with Gasteiger partial charge in [-0.15, -0.1) is 5.10 Å². The second-order valence-electron chi connectivity index (χ2n) is 7.90. The molecule has 1 atom stereocenters. The van der Waals surface area contributed by atoms with Crippen molar-refractivity contribution in [3.8, 4) is 5.88 Å². The summed E-state index contributed by atoms with van der Waals surface area (Å²) in [6.45, 7) is 5.63. The molecule has 0 radical (unpaired) electrons. The molecule has 0 aliphatic carbocycles. The van der Waals surface area contributed by atoms with E-state index in [-0.39, 0.29) is 30.3 Å². The van der Waals surface area contributed by atoms with Crippen molar-refractivity contribution in [3.63, 3.8) is 0 Å². The maximum absolute atomic E-state index is 13.0. The SMILES string of the molecule is Cc1ccc(N2CC(C(=O)N3CCC(Oc4ccc(C)nn4)CC3)CC2=O)cc1. The Labute approximate surface area is 170 Å². The summed E-state index contributed by atoms with van der Waals surface area (Å²) in [5.41, 5.74) is 2.86. The van der Waals surface area contributed by atoms with Gasteiger partial charge in [0.1, 0.15) is 6.10 Å². The van der Waals surface area contributed by atoms with Crippen molar-refractivity contribution in [2.75, 3.05) is 24.5 Å². The second kappa shape index (κ2) is 8.19. The fourth-order valence-corrected chi connectivity index (χ4v) is 3.92. The van der Waals surface area contributed by atoms with Crippen LogP contribution >= 0.6 is 0 Å². The number of ether oxygens (including phenoxy) is 1. The van der Waals surface area contributed by atoms with E-state index in [0.29, 0.717) is 25.5 Å². The number of hydrogen-bond acceptors (Lipinski definition) is 5. The average Bonchev–Trinajstić information content (AvgIpc) is 3.12. The fraction of sp³-hybridized carbons (Fsp3) is 0.455. The Morgan fingerprint density at radius 3 is 2.41 bits per heavy atom. The van der Waals surface area contributed by atoms with E-state index in [9.17, 15) is 9.59 Å². The Balaban J connectivity index is 1.31. The number of carbonyl (C=O) groups is 2. The Kier molecular flexibility index (Phi) is 5.47. The fourth-order valence-electron chi connectivity index (χ4n) is 3.92. The monoisotopic (exact) mass is 394 g/mol. The highest BCUT2D eigenvalue weighted by Gasteiger charge is 2.38. The maximum Gasteiger partial charge on any atom is 0.233 e. The third-order valence-corrected chi connectivity index (χ3v) is 5.63. The number of carbonyl (C=O) groups excluding carboxylic acids is 2. The normalized spacial score (nSPS) is 20.2. The molecule has 29 heavy (non-hydrogen) atoms. The van der Waals surface area contributed by atoms with Crippen LogP contribution in [0.4, 0.5) is 5.69 Å². The van der Waals surface area contributed by atoms with Gasteiger partial charge in [0.2, 0.25) is 17.7 Å². The lowest BCUT2D eigenvalue weighted by molar-refractivity contribution is -0.137. The number of aromatic nitrogens is 2. The standard InChI is InChI=1S/C22H26N4O3/c1-15-3-6-18(7-4-15)26-14-17(13-21(26)27)22(28)25-11-9-19(10-12-25)29-20-8-5-16(2)23-24-20/h3-8,17,19H,9-14H2,1-2H3. The summed E-state index contributed by atoms with van der Waals surface area (Å²) in [6, 6.07) is 11.6. The lowest BCUT2D eigenvalue weighted by Gasteiger charge is -2.33. The summed E-state index contributed by atoms with van der Waals surface area (Å²) < 4.78 is 5.89. The number of anilines is 1. The van der Waals surface area contributed by atoms with Crippen molar-refractivity contribution in [1.82, 2.24) is 15.1 Å². The van der Waals surface area contributed by atoms with Crippen LogP contribution < -0.4 is 9.64 Å². The number of benzene rings is 1. The first-order chi connectivity index (χ1) is 14.0. The van der Waals surface area contributed by atoms with Crippen LogP contribution in [-0.4, -0.2) is 52.6 Å². The van der Waals surface area contributed by atoms with Crippen molar-refractivity contribution >= 4 is 17.5 Å². The number of amides is 2. The zero-order chi connectivity index (χ0) is 20.4. The molecule has 7 nitrogen and oxygen atoms in total. The van der Waals surface area contributed by atoms with Crippen molar-refractivity contribution < 1.29 is 14.3 Å². The number of piperidine rings is 1. The van der Waals surface area contributed by atoms with Crippen LogP contribution in [0.3, 0.4) is 0 Å². The molecule has 2 fully saturated rings. The molecule has 4 rings (SSSR count). The Hall–Kier alpha value is -2.96. The zero-order valence-electron chi connectivity index (χ0n) is 16.9. The van der Waals surface area contributed by atoms with Crippen LogP contribution in [0.5, 0.6) is 5.88 Å². The zero-order valence-corrected chi connectivity index (χ0v) is 16.9. The van der Waals surface area contributed by atoms with E-state index in [0.717, 1.165) is 29.8 Å².